The molecular weight excluding hydrogens is 334 g/mol. The number of nitrogens with zero attached hydrogens (tertiary/aromatic N) is 5. The van der Waals surface area contributed by atoms with Gasteiger partial charge in [0.1, 0.15) is 11.6 Å². The van der Waals surface area contributed by atoms with Crippen molar-refractivity contribution in [2.75, 3.05) is 46.0 Å². The van der Waals surface area contributed by atoms with Crippen LogP contribution in [0.25, 0.3) is 0 Å². The predicted octanol–water partition coefficient (Wildman–Crippen LogP) is 1.76. The average molecular weight is 365 g/mol. The van der Waals surface area contributed by atoms with Gasteiger partial charge in [0.2, 0.25) is 0 Å². The van der Waals surface area contributed by atoms with Crippen molar-refractivity contribution in [1.29, 1.82) is 0 Å². The third-order valence-corrected chi connectivity index (χ3v) is 5.24. The summed E-state index contributed by atoms with van der Waals surface area (Å²) in [7, 11) is 2.03. The van der Waals surface area contributed by atoms with Crippen molar-refractivity contribution < 1.29 is 14.3 Å². The van der Waals surface area contributed by atoms with Gasteiger partial charge in [0.15, 0.2) is 0 Å². The lowest BCUT2D eigenvalue weighted by Crippen LogP contribution is -2.40. The van der Waals surface area contributed by atoms with Gasteiger partial charge < -0.3 is 18.9 Å². The summed E-state index contributed by atoms with van der Waals surface area (Å²) >= 11 is 0. The largest absolute Gasteiger partial charge is 0.449 e. The molecule has 8 nitrogen and oxygen atoms in total. The van der Waals surface area contributed by atoms with E-state index < -0.39 is 0 Å². The van der Waals surface area contributed by atoms with Gasteiger partial charge in [-0.2, -0.15) is 0 Å². The number of likely N-dealkylation sites (tertiary alicyclic amines) is 1. The van der Waals surface area contributed by atoms with Crippen LogP contribution in [0.15, 0.2) is 0 Å². The summed E-state index contributed by atoms with van der Waals surface area (Å²) in [6.07, 6.45) is 3.75. The number of unbranched alkanes of at least 4 members (excludes halogenated alkanes) is 1. The summed E-state index contributed by atoms with van der Waals surface area (Å²) in [6, 6.07) is 0. The van der Waals surface area contributed by atoms with Crippen LogP contribution < -0.4 is 0 Å². The molecule has 26 heavy (non-hydrogen) atoms. The van der Waals surface area contributed by atoms with Crippen molar-refractivity contribution in [2.24, 2.45) is 7.05 Å². The second-order valence-corrected chi connectivity index (χ2v) is 7.18. The van der Waals surface area contributed by atoms with Crippen LogP contribution in [0.3, 0.4) is 0 Å². The molecule has 1 atom stereocenters. The summed E-state index contributed by atoms with van der Waals surface area (Å²) in [4.78, 5) is 16.4. The molecule has 0 N–H and O–H groups in total. The molecule has 0 radical (unpaired) electrons. The SMILES string of the molecule is CCCCOC(=O)N1CCCC(c2nnc(CN3CCOCC3)n2C)C1. The van der Waals surface area contributed by atoms with Crippen LogP contribution in [-0.2, 0) is 23.1 Å². The molecule has 0 spiro atoms. The van der Waals surface area contributed by atoms with E-state index in [1.54, 1.807) is 0 Å². The number of hydrogen-bond acceptors (Lipinski definition) is 6. The van der Waals surface area contributed by atoms with Crippen LogP contribution in [0.4, 0.5) is 4.79 Å². The minimum absolute atomic E-state index is 0.196. The summed E-state index contributed by atoms with van der Waals surface area (Å²) < 4.78 is 12.9. The predicted molar refractivity (Wildman–Crippen MR) is 96.9 cm³/mol. The number of piperidine rings is 1. The number of rotatable bonds is 6. The van der Waals surface area contributed by atoms with Gasteiger partial charge in [0.25, 0.3) is 0 Å². The van der Waals surface area contributed by atoms with Crippen LogP contribution in [0.5, 0.6) is 0 Å². The van der Waals surface area contributed by atoms with E-state index in [1.807, 2.05) is 11.9 Å². The highest BCUT2D eigenvalue weighted by Gasteiger charge is 2.29. The number of hydrogen-bond donors (Lipinski definition) is 0. The van der Waals surface area contributed by atoms with Gasteiger partial charge in [-0.25, -0.2) is 4.79 Å². The first-order valence-corrected chi connectivity index (χ1v) is 9.79. The first kappa shape index (κ1) is 19.1. The Morgan fingerprint density at radius 1 is 1.27 bits per heavy atom. The fourth-order valence-corrected chi connectivity index (χ4v) is 3.58. The van der Waals surface area contributed by atoms with Crippen LogP contribution in [-0.4, -0.2) is 76.7 Å². The monoisotopic (exact) mass is 365 g/mol. The first-order chi connectivity index (χ1) is 12.7. The third kappa shape index (κ3) is 4.73. The summed E-state index contributed by atoms with van der Waals surface area (Å²) in [5.41, 5.74) is 0. The van der Waals surface area contributed by atoms with Crippen LogP contribution in [0, 0.1) is 0 Å². The summed E-state index contributed by atoms with van der Waals surface area (Å²) in [5.74, 6) is 2.17. The van der Waals surface area contributed by atoms with Gasteiger partial charge in [-0.3, -0.25) is 4.90 Å². The molecule has 0 saturated carbocycles. The van der Waals surface area contributed by atoms with E-state index in [-0.39, 0.29) is 12.0 Å². The number of carbonyl (C=O) groups excluding carboxylic acids is 1. The topological polar surface area (TPSA) is 72.7 Å². The van der Waals surface area contributed by atoms with Gasteiger partial charge in [-0.15, -0.1) is 10.2 Å². The van der Waals surface area contributed by atoms with Crippen LogP contribution >= 0.6 is 0 Å². The molecule has 0 bridgehead atoms. The molecule has 1 unspecified atom stereocenters. The molecular formula is C18H31N5O3. The standard InChI is InChI=1S/C18H31N5O3/c1-3-4-10-26-18(24)23-7-5-6-15(13-23)17-20-19-16(21(17)2)14-22-8-11-25-12-9-22/h15H,3-14H2,1-2H3. The Hall–Kier alpha value is -1.67. The minimum Gasteiger partial charge on any atom is -0.449 e. The maximum absolute atomic E-state index is 12.2. The van der Waals surface area contributed by atoms with E-state index in [1.165, 1.54) is 0 Å². The molecule has 2 aliphatic heterocycles. The normalized spacial score (nSPS) is 21.8. The number of morpholine rings is 1. The van der Waals surface area contributed by atoms with Crippen molar-refractivity contribution >= 4 is 6.09 Å². The van der Waals surface area contributed by atoms with E-state index in [2.05, 4.69) is 26.6 Å². The van der Waals surface area contributed by atoms with E-state index in [0.717, 1.165) is 76.7 Å². The Labute approximate surface area is 155 Å². The first-order valence-electron chi connectivity index (χ1n) is 9.79. The van der Waals surface area contributed by atoms with E-state index >= 15 is 0 Å². The van der Waals surface area contributed by atoms with E-state index in [0.29, 0.717) is 13.2 Å². The Morgan fingerprint density at radius 3 is 2.85 bits per heavy atom. The molecule has 1 aromatic heterocycles. The summed E-state index contributed by atoms with van der Waals surface area (Å²) in [5, 5.41) is 8.86. The second kappa shape index (κ2) is 9.32. The third-order valence-electron chi connectivity index (χ3n) is 5.24. The summed E-state index contributed by atoms with van der Waals surface area (Å²) in [6.45, 7) is 8.24. The Morgan fingerprint density at radius 2 is 2.08 bits per heavy atom. The molecule has 2 saturated heterocycles. The Balaban J connectivity index is 1.58. The highest BCUT2D eigenvalue weighted by atomic mass is 16.6. The minimum atomic E-state index is -0.196. The van der Waals surface area contributed by atoms with Crippen LogP contribution in [0.1, 0.15) is 50.2 Å². The Kier molecular flexibility index (Phi) is 6.85. The lowest BCUT2D eigenvalue weighted by molar-refractivity contribution is 0.0326. The van der Waals surface area contributed by atoms with Gasteiger partial charge in [0, 0.05) is 39.1 Å². The molecule has 146 valence electrons. The fraction of sp³-hybridized carbons (Fsp3) is 0.833. The lowest BCUT2D eigenvalue weighted by atomic mass is 9.97. The molecule has 2 aliphatic rings. The van der Waals surface area contributed by atoms with Gasteiger partial charge in [-0.05, 0) is 19.3 Å². The second-order valence-electron chi connectivity index (χ2n) is 7.18. The maximum Gasteiger partial charge on any atom is 0.409 e. The molecule has 8 heteroatoms. The number of ether oxygens (including phenoxy) is 2. The molecule has 1 aromatic rings. The zero-order valence-electron chi connectivity index (χ0n) is 16.0. The highest BCUT2D eigenvalue weighted by molar-refractivity contribution is 5.67. The number of aromatic nitrogens is 3. The van der Waals surface area contributed by atoms with Crippen molar-refractivity contribution in [3.63, 3.8) is 0 Å². The maximum atomic E-state index is 12.2. The molecule has 0 aliphatic carbocycles. The van der Waals surface area contributed by atoms with Gasteiger partial charge in [-0.1, -0.05) is 13.3 Å². The average Bonchev–Trinajstić information content (AvgIpc) is 3.03. The van der Waals surface area contributed by atoms with Crippen LogP contribution in [0.2, 0.25) is 0 Å². The smallest absolute Gasteiger partial charge is 0.409 e. The molecule has 0 aromatic carbocycles. The molecule has 3 heterocycles. The van der Waals surface area contributed by atoms with E-state index in [4.69, 9.17) is 9.47 Å². The van der Waals surface area contributed by atoms with Crippen molar-refractivity contribution in [3.05, 3.63) is 11.6 Å². The Bertz CT molecular complexity index is 585. The quantitative estimate of drug-likeness (QED) is 0.716. The highest BCUT2D eigenvalue weighted by Crippen LogP contribution is 2.26. The van der Waals surface area contributed by atoms with Gasteiger partial charge in [0.05, 0.1) is 26.4 Å². The number of carbonyl (C=O) groups is 1. The lowest BCUT2D eigenvalue weighted by Gasteiger charge is -2.31. The molecule has 1 amide bonds. The van der Waals surface area contributed by atoms with Crippen molar-refractivity contribution in [3.8, 4) is 0 Å². The molecule has 3 rings (SSSR count). The fourth-order valence-electron chi connectivity index (χ4n) is 3.58. The van der Waals surface area contributed by atoms with Crippen molar-refractivity contribution in [2.45, 2.75) is 45.1 Å². The zero-order chi connectivity index (χ0) is 18.4. The molecule has 2 fully saturated rings. The van der Waals surface area contributed by atoms with Gasteiger partial charge >= 0.3 is 6.09 Å². The number of amides is 1. The van der Waals surface area contributed by atoms with E-state index in [9.17, 15) is 4.79 Å². The van der Waals surface area contributed by atoms with Crippen molar-refractivity contribution in [1.82, 2.24) is 24.6 Å². The zero-order valence-corrected chi connectivity index (χ0v) is 16.0.